The highest BCUT2D eigenvalue weighted by Gasteiger charge is 2.45. The summed E-state index contributed by atoms with van der Waals surface area (Å²) in [5.41, 5.74) is 2.83. The summed E-state index contributed by atoms with van der Waals surface area (Å²) in [5.74, 6) is -0.307. The molecule has 0 spiro atoms. The number of nitrogens with zero attached hydrogens (tertiary/aromatic N) is 2. The fourth-order valence-corrected chi connectivity index (χ4v) is 5.11. The summed E-state index contributed by atoms with van der Waals surface area (Å²) < 4.78 is 11.7. The molecule has 0 bridgehead atoms. The fourth-order valence-electron chi connectivity index (χ4n) is 3.98. The first-order valence-electron chi connectivity index (χ1n) is 9.69. The Labute approximate surface area is 195 Å². The topological polar surface area (TPSA) is 92.9 Å². The molecule has 7 nitrogen and oxygen atoms in total. The van der Waals surface area contributed by atoms with Crippen LogP contribution >= 0.6 is 27.3 Å². The number of anilines is 1. The molecule has 4 aromatic rings. The molecule has 2 aromatic carbocycles. The quantitative estimate of drug-likeness (QED) is 0.410. The van der Waals surface area contributed by atoms with E-state index in [1.54, 1.807) is 35.8 Å². The number of aryl methyl sites for hydroxylation is 2. The second kappa shape index (κ2) is 7.46. The van der Waals surface area contributed by atoms with E-state index in [1.807, 2.05) is 13.8 Å². The molecule has 1 aliphatic rings. The summed E-state index contributed by atoms with van der Waals surface area (Å²) in [4.78, 5) is 32.9. The maximum absolute atomic E-state index is 13.7. The van der Waals surface area contributed by atoms with Gasteiger partial charge in [-0.1, -0.05) is 0 Å². The van der Waals surface area contributed by atoms with Gasteiger partial charge in [0.1, 0.15) is 5.58 Å². The third-order valence-corrected chi connectivity index (χ3v) is 7.07. The van der Waals surface area contributed by atoms with Gasteiger partial charge < -0.3 is 14.3 Å². The highest BCUT2D eigenvalue weighted by atomic mass is 79.9. The van der Waals surface area contributed by atoms with Crippen molar-refractivity contribution in [2.75, 3.05) is 12.0 Å². The molecule has 1 unspecified atom stereocenters. The van der Waals surface area contributed by atoms with Gasteiger partial charge in [-0.15, -0.1) is 11.3 Å². The maximum Gasteiger partial charge on any atom is 0.297 e. The Bertz CT molecular complexity index is 1460. The second-order valence-electron chi connectivity index (χ2n) is 7.55. The first kappa shape index (κ1) is 20.7. The van der Waals surface area contributed by atoms with E-state index >= 15 is 0 Å². The fraction of sp³-hybridized carbons (Fsp3) is 0.174. The Balaban J connectivity index is 1.85. The van der Waals surface area contributed by atoms with Crippen molar-refractivity contribution in [3.05, 3.63) is 78.6 Å². The van der Waals surface area contributed by atoms with Crippen molar-refractivity contribution in [2.45, 2.75) is 19.9 Å². The highest BCUT2D eigenvalue weighted by molar-refractivity contribution is 9.10. The molecule has 1 aliphatic heterocycles. The number of halogens is 1. The van der Waals surface area contributed by atoms with Crippen molar-refractivity contribution in [2.24, 2.45) is 0 Å². The molecule has 3 heterocycles. The minimum absolute atomic E-state index is 0.00545. The number of phenolic OH excluding ortho intramolecular Hbond substituents is 1. The van der Waals surface area contributed by atoms with Crippen LogP contribution in [0.15, 0.2) is 49.5 Å². The van der Waals surface area contributed by atoms with Gasteiger partial charge in [0.25, 0.3) is 5.91 Å². The molecule has 0 radical (unpaired) electrons. The number of thiazole rings is 1. The number of phenols is 1. The Kier molecular flexibility index (Phi) is 4.83. The van der Waals surface area contributed by atoms with Gasteiger partial charge in [-0.25, -0.2) is 4.98 Å². The molecule has 1 amide bonds. The number of benzene rings is 2. The number of carbonyl (C=O) groups excluding carboxylic acids is 1. The molecule has 0 fully saturated rings. The maximum atomic E-state index is 13.7. The average Bonchev–Trinajstić information content (AvgIpc) is 3.38. The van der Waals surface area contributed by atoms with Crippen molar-refractivity contribution in [1.29, 1.82) is 0 Å². The molecule has 0 aliphatic carbocycles. The minimum Gasteiger partial charge on any atom is -0.503 e. The summed E-state index contributed by atoms with van der Waals surface area (Å²) >= 11 is 4.62. The summed E-state index contributed by atoms with van der Waals surface area (Å²) in [6.45, 7) is 3.85. The number of ether oxygens (including phenoxy) is 1. The molecular formula is C23H17BrN2O5S. The average molecular weight is 513 g/mol. The van der Waals surface area contributed by atoms with Crippen LogP contribution in [0.1, 0.15) is 38.9 Å². The normalized spacial score (nSPS) is 15.4. The van der Waals surface area contributed by atoms with Crippen LogP contribution < -0.4 is 15.1 Å². The largest absolute Gasteiger partial charge is 0.503 e. The Hall–Kier alpha value is -3.17. The van der Waals surface area contributed by atoms with E-state index in [0.717, 1.165) is 11.1 Å². The van der Waals surface area contributed by atoms with E-state index in [-0.39, 0.29) is 28.3 Å². The third kappa shape index (κ3) is 2.96. The van der Waals surface area contributed by atoms with Gasteiger partial charge in [0.15, 0.2) is 22.1 Å². The number of methoxy groups -OCH3 is 1. The zero-order chi connectivity index (χ0) is 22.7. The summed E-state index contributed by atoms with van der Waals surface area (Å²) in [6.07, 6.45) is 1.60. The molecule has 162 valence electrons. The number of aromatic hydroxyl groups is 1. The van der Waals surface area contributed by atoms with Crippen molar-refractivity contribution < 1.29 is 19.1 Å². The summed E-state index contributed by atoms with van der Waals surface area (Å²) in [7, 11) is 1.44. The zero-order valence-electron chi connectivity index (χ0n) is 17.3. The number of aromatic nitrogens is 1. The van der Waals surface area contributed by atoms with Gasteiger partial charge in [0, 0.05) is 11.6 Å². The van der Waals surface area contributed by atoms with Gasteiger partial charge in [0.05, 0.1) is 28.6 Å². The monoisotopic (exact) mass is 512 g/mol. The molecule has 1 atom stereocenters. The molecule has 5 rings (SSSR count). The lowest BCUT2D eigenvalue weighted by atomic mass is 9.97. The molecule has 1 N–H and O–H groups in total. The predicted molar refractivity (Wildman–Crippen MR) is 125 cm³/mol. The van der Waals surface area contributed by atoms with Crippen LogP contribution in [0.25, 0.3) is 11.0 Å². The van der Waals surface area contributed by atoms with Crippen molar-refractivity contribution >= 4 is 49.3 Å². The summed E-state index contributed by atoms with van der Waals surface area (Å²) in [5, 5.41) is 12.9. The van der Waals surface area contributed by atoms with E-state index in [9.17, 15) is 14.7 Å². The highest BCUT2D eigenvalue weighted by Crippen LogP contribution is 2.45. The number of carbonyl (C=O) groups is 1. The zero-order valence-corrected chi connectivity index (χ0v) is 19.7. The van der Waals surface area contributed by atoms with Gasteiger partial charge in [-0.05, 0) is 70.7 Å². The SMILES string of the molecule is COc1cc(C2c3c(oc4cc(C)c(C)cc4c3=O)C(=O)N2c2nccs2)cc(Br)c1O. The first-order chi connectivity index (χ1) is 15.3. The number of rotatable bonds is 3. The van der Waals surface area contributed by atoms with E-state index in [2.05, 4.69) is 20.9 Å². The first-order valence-corrected chi connectivity index (χ1v) is 11.4. The lowest BCUT2D eigenvalue weighted by Crippen LogP contribution is -2.29. The molecule has 32 heavy (non-hydrogen) atoms. The van der Waals surface area contributed by atoms with E-state index in [4.69, 9.17) is 9.15 Å². The van der Waals surface area contributed by atoms with Crippen LogP contribution in [0.5, 0.6) is 11.5 Å². The van der Waals surface area contributed by atoms with Crippen molar-refractivity contribution in [3.8, 4) is 11.5 Å². The Morgan fingerprint density at radius 1 is 1.19 bits per heavy atom. The van der Waals surface area contributed by atoms with Crippen LogP contribution in [-0.2, 0) is 0 Å². The van der Waals surface area contributed by atoms with E-state index < -0.39 is 11.9 Å². The predicted octanol–water partition coefficient (Wildman–Crippen LogP) is 5.09. The number of hydrogen-bond donors (Lipinski definition) is 1. The van der Waals surface area contributed by atoms with Crippen LogP contribution in [-0.4, -0.2) is 23.1 Å². The van der Waals surface area contributed by atoms with Crippen molar-refractivity contribution in [1.82, 2.24) is 4.98 Å². The van der Waals surface area contributed by atoms with Crippen molar-refractivity contribution in [3.63, 3.8) is 0 Å². The second-order valence-corrected chi connectivity index (χ2v) is 9.28. The van der Waals surface area contributed by atoms with E-state index in [1.165, 1.54) is 23.3 Å². The minimum atomic E-state index is -0.795. The molecule has 9 heteroatoms. The number of fused-ring (bicyclic) bond motifs is 2. The summed E-state index contributed by atoms with van der Waals surface area (Å²) in [6, 6.07) is 6.04. The van der Waals surface area contributed by atoms with Crippen LogP contribution in [0, 0.1) is 13.8 Å². The lowest BCUT2D eigenvalue weighted by molar-refractivity contribution is 0.0971. The lowest BCUT2D eigenvalue weighted by Gasteiger charge is -2.23. The van der Waals surface area contributed by atoms with Gasteiger partial charge in [-0.2, -0.15) is 0 Å². The standard InChI is InChI=1S/C23H17BrN2O5S/c1-10-6-13-15(7-11(10)2)31-21-17(19(13)27)18(26(22(21)29)23-25-4-5-32-23)12-8-14(24)20(28)16(9-12)30-3/h4-9,18,28H,1-3H3. The van der Waals surface area contributed by atoms with Crippen LogP contribution in [0.2, 0.25) is 0 Å². The Morgan fingerprint density at radius 3 is 2.62 bits per heavy atom. The van der Waals surface area contributed by atoms with Crippen LogP contribution in [0.3, 0.4) is 0 Å². The number of amides is 1. The van der Waals surface area contributed by atoms with Gasteiger partial charge in [0.2, 0.25) is 5.76 Å². The van der Waals surface area contributed by atoms with E-state index in [0.29, 0.717) is 26.1 Å². The Morgan fingerprint density at radius 2 is 1.94 bits per heavy atom. The van der Waals surface area contributed by atoms with Crippen LogP contribution in [0.4, 0.5) is 5.13 Å². The van der Waals surface area contributed by atoms with Gasteiger partial charge >= 0.3 is 0 Å². The number of hydrogen-bond acceptors (Lipinski definition) is 7. The smallest absolute Gasteiger partial charge is 0.297 e. The third-order valence-electron chi connectivity index (χ3n) is 5.70. The molecule has 0 saturated carbocycles. The molecular weight excluding hydrogens is 496 g/mol. The molecule has 2 aromatic heterocycles. The van der Waals surface area contributed by atoms with Gasteiger partial charge in [-0.3, -0.25) is 14.5 Å². The molecule has 0 saturated heterocycles.